The lowest BCUT2D eigenvalue weighted by Gasteiger charge is -2.14. The van der Waals surface area contributed by atoms with Crippen molar-refractivity contribution in [2.75, 3.05) is 0 Å². The van der Waals surface area contributed by atoms with Gasteiger partial charge in [0.2, 0.25) is 0 Å². The van der Waals surface area contributed by atoms with E-state index in [-0.39, 0.29) is 16.7 Å². The summed E-state index contributed by atoms with van der Waals surface area (Å²) in [6, 6.07) is 8.21. The van der Waals surface area contributed by atoms with Gasteiger partial charge in [-0.25, -0.2) is 0 Å². The molecule has 1 aromatic rings. The lowest BCUT2D eigenvalue weighted by Crippen LogP contribution is -2.11. The van der Waals surface area contributed by atoms with E-state index in [9.17, 15) is 9.90 Å². The van der Waals surface area contributed by atoms with Crippen LogP contribution in [0.1, 0.15) is 31.9 Å². The number of carboxylic acid groups (broad SMARTS) is 1. The molecule has 0 amide bonds. The zero-order valence-electron chi connectivity index (χ0n) is 10.2. The van der Waals surface area contributed by atoms with Gasteiger partial charge in [0, 0.05) is 5.41 Å². The van der Waals surface area contributed by atoms with Crippen molar-refractivity contribution in [3.8, 4) is 0 Å². The largest absolute Gasteiger partial charge is 0.481 e. The quantitative estimate of drug-likeness (QED) is 0.828. The van der Waals surface area contributed by atoms with E-state index in [2.05, 4.69) is 19.1 Å². The molecule has 0 heterocycles. The Bertz CT molecular complexity index is 431. The maximum atomic E-state index is 11.2. The summed E-state index contributed by atoms with van der Waals surface area (Å²) in [6.45, 7) is 8.16. The molecule has 0 radical (unpaired) electrons. The average molecular weight is 218 g/mol. The summed E-state index contributed by atoms with van der Waals surface area (Å²) >= 11 is 0. The molecule has 1 saturated carbocycles. The van der Waals surface area contributed by atoms with Crippen LogP contribution in [0.4, 0.5) is 0 Å². The van der Waals surface area contributed by atoms with E-state index in [1.807, 2.05) is 32.9 Å². The minimum Gasteiger partial charge on any atom is -0.481 e. The maximum absolute atomic E-state index is 11.2. The molecule has 1 fully saturated rings. The third-order valence-electron chi connectivity index (χ3n) is 4.45. The third-order valence-corrected chi connectivity index (χ3v) is 4.45. The predicted octanol–water partition coefficient (Wildman–Crippen LogP) is 2.99. The molecule has 1 N–H and O–H groups in total. The summed E-state index contributed by atoms with van der Waals surface area (Å²) in [7, 11) is 0. The molecule has 0 aliphatic heterocycles. The monoisotopic (exact) mass is 218 g/mol. The second-order valence-corrected chi connectivity index (χ2v) is 5.56. The average Bonchev–Trinajstić information content (AvgIpc) is 2.62. The predicted molar refractivity (Wildman–Crippen MR) is 63.4 cm³/mol. The van der Waals surface area contributed by atoms with Crippen LogP contribution in [0.3, 0.4) is 0 Å². The van der Waals surface area contributed by atoms with Gasteiger partial charge in [0.25, 0.3) is 0 Å². The summed E-state index contributed by atoms with van der Waals surface area (Å²) in [6.07, 6.45) is 0. The number of hydrogen-bond donors (Lipinski definition) is 1. The summed E-state index contributed by atoms with van der Waals surface area (Å²) in [5, 5.41) is 9.24. The zero-order valence-corrected chi connectivity index (χ0v) is 10.2. The van der Waals surface area contributed by atoms with Crippen molar-refractivity contribution in [1.82, 2.24) is 0 Å². The normalized spacial score (nSPS) is 31.1. The van der Waals surface area contributed by atoms with E-state index < -0.39 is 5.97 Å². The Balaban J connectivity index is 2.42. The summed E-state index contributed by atoms with van der Waals surface area (Å²) in [5.41, 5.74) is 1.95. The van der Waals surface area contributed by atoms with Crippen molar-refractivity contribution in [3.05, 3.63) is 35.4 Å². The van der Waals surface area contributed by atoms with Crippen LogP contribution >= 0.6 is 0 Å². The fourth-order valence-corrected chi connectivity index (χ4v) is 2.97. The fourth-order valence-electron chi connectivity index (χ4n) is 2.97. The fraction of sp³-hybridized carbons (Fsp3) is 0.500. The molecular formula is C14H18O2. The summed E-state index contributed by atoms with van der Waals surface area (Å²) in [4.78, 5) is 11.2. The zero-order chi connectivity index (χ0) is 12.1. The van der Waals surface area contributed by atoms with Crippen molar-refractivity contribution in [2.45, 2.75) is 33.1 Å². The standard InChI is InChI=1S/C14H18O2/c1-9-5-7-10(8-6-9)14(4)11(12(15)16)13(14,2)3/h5-8,11H,1-4H3,(H,15,16). The van der Waals surface area contributed by atoms with Gasteiger partial charge in [-0.1, -0.05) is 50.6 Å². The minimum atomic E-state index is -0.687. The van der Waals surface area contributed by atoms with Crippen molar-refractivity contribution < 1.29 is 9.90 Å². The highest BCUT2D eigenvalue weighted by Crippen LogP contribution is 2.69. The van der Waals surface area contributed by atoms with Gasteiger partial charge in [-0.3, -0.25) is 4.79 Å². The van der Waals surface area contributed by atoms with Gasteiger partial charge in [0.05, 0.1) is 5.92 Å². The Labute approximate surface area is 96.3 Å². The molecule has 2 unspecified atom stereocenters. The number of aryl methyl sites for hydroxylation is 1. The third kappa shape index (κ3) is 1.22. The second-order valence-electron chi connectivity index (χ2n) is 5.56. The number of carboxylic acids is 1. The molecule has 1 aliphatic rings. The highest BCUT2D eigenvalue weighted by molar-refractivity contribution is 5.79. The number of carbonyl (C=O) groups is 1. The van der Waals surface area contributed by atoms with Crippen molar-refractivity contribution in [1.29, 1.82) is 0 Å². The molecule has 2 atom stereocenters. The topological polar surface area (TPSA) is 37.3 Å². The van der Waals surface area contributed by atoms with E-state index >= 15 is 0 Å². The minimum absolute atomic E-state index is 0.159. The van der Waals surface area contributed by atoms with Crippen molar-refractivity contribution in [2.24, 2.45) is 11.3 Å². The van der Waals surface area contributed by atoms with Gasteiger partial charge in [-0.2, -0.15) is 0 Å². The van der Waals surface area contributed by atoms with Crippen LogP contribution in [-0.2, 0) is 10.2 Å². The number of rotatable bonds is 2. The number of aliphatic carboxylic acids is 1. The Morgan fingerprint density at radius 1 is 1.19 bits per heavy atom. The van der Waals surface area contributed by atoms with E-state index in [1.54, 1.807) is 0 Å². The maximum Gasteiger partial charge on any atom is 0.307 e. The van der Waals surface area contributed by atoms with E-state index in [1.165, 1.54) is 5.56 Å². The molecular weight excluding hydrogens is 200 g/mol. The summed E-state index contributed by atoms with van der Waals surface area (Å²) in [5.74, 6) is -0.962. The Kier molecular flexibility index (Phi) is 2.16. The van der Waals surface area contributed by atoms with Crippen molar-refractivity contribution in [3.63, 3.8) is 0 Å². The van der Waals surface area contributed by atoms with Crippen LogP contribution < -0.4 is 0 Å². The van der Waals surface area contributed by atoms with Gasteiger partial charge in [0.15, 0.2) is 0 Å². The second kappa shape index (κ2) is 3.09. The molecule has 2 rings (SSSR count). The highest BCUT2D eigenvalue weighted by atomic mass is 16.4. The van der Waals surface area contributed by atoms with Gasteiger partial charge < -0.3 is 5.11 Å². The van der Waals surface area contributed by atoms with Gasteiger partial charge >= 0.3 is 5.97 Å². The molecule has 16 heavy (non-hydrogen) atoms. The molecule has 2 nitrogen and oxygen atoms in total. The molecule has 2 heteroatoms. The molecule has 0 spiro atoms. The molecule has 86 valence electrons. The molecule has 0 aromatic heterocycles. The van der Waals surface area contributed by atoms with Crippen LogP contribution in [0.2, 0.25) is 0 Å². The Morgan fingerprint density at radius 3 is 2.06 bits per heavy atom. The first kappa shape index (κ1) is 11.2. The first-order chi connectivity index (χ1) is 7.31. The lowest BCUT2D eigenvalue weighted by molar-refractivity contribution is -0.139. The Morgan fingerprint density at radius 2 is 1.69 bits per heavy atom. The number of hydrogen-bond acceptors (Lipinski definition) is 1. The van der Waals surface area contributed by atoms with Crippen LogP contribution in [0, 0.1) is 18.3 Å². The van der Waals surface area contributed by atoms with Crippen LogP contribution in [0.5, 0.6) is 0 Å². The smallest absolute Gasteiger partial charge is 0.307 e. The van der Waals surface area contributed by atoms with E-state index in [0.717, 1.165) is 5.56 Å². The summed E-state index contributed by atoms with van der Waals surface area (Å²) < 4.78 is 0. The van der Waals surface area contributed by atoms with E-state index in [4.69, 9.17) is 0 Å². The molecule has 1 aliphatic carbocycles. The van der Waals surface area contributed by atoms with Crippen LogP contribution in [0.15, 0.2) is 24.3 Å². The molecule has 0 bridgehead atoms. The number of benzene rings is 1. The van der Waals surface area contributed by atoms with Crippen LogP contribution in [0.25, 0.3) is 0 Å². The van der Waals surface area contributed by atoms with Crippen LogP contribution in [-0.4, -0.2) is 11.1 Å². The van der Waals surface area contributed by atoms with Gasteiger partial charge in [0.1, 0.15) is 0 Å². The van der Waals surface area contributed by atoms with Crippen molar-refractivity contribution >= 4 is 5.97 Å². The first-order valence-electron chi connectivity index (χ1n) is 5.62. The highest BCUT2D eigenvalue weighted by Gasteiger charge is 2.72. The van der Waals surface area contributed by atoms with Gasteiger partial charge in [-0.05, 0) is 17.9 Å². The lowest BCUT2D eigenvalue weighted by atomic mass is 9.89. The molecule has 1 aromatic carbocycles. The Hall–Kier alpha value is -1.31. The first-order valence-corrected chi connectivity index (χ1v) is 5.62. The molecule has 0 saturated heterocycles. The SMILES string of the molecule is Cc1ccc(C2(C)C(C(=O)O)C2(C)C)cc1. The van der Waals surface area contributed by atoms with Gasteiger partial charge in [-0.15, -0.1) is 0 Å². The van der Waals surface area contributed by atoms with E-state index in [0.29, 0.717) is 0 Å².